The summed E-state index contributed by atoms with van der Waals surface area (Å²) in [6.45, 7) is 2.70. The molecule has 2 rings (SSSR count). The van der Waals surface area contributed by atoms with E-state index in [0.717, 1.165) is 6.42 Å². The lowest BCUT2D eigenvalue weighted by atomic mass is 10.1. The second kappa shape index (κ2) is 6.72. The molecule has 1 fully saturated rings. The molecule has 102 valence electrons. The molecule has 4 heteroatoms. The number of thiophene rings is 1. The van der Waals surface area contributed by atoms with Crippen molar-refractivity contribution >= 4 is 17.2 Å². The minimum atomic E-state index is 0.195. The lowest BCUT2D eigenvalue weighted by molar-refractivity contribution is -0.133. The maximum Gasteiger partial charge on any atom is 0.223 e. The van der Waals surface area contributed by atoms with Crippen molar-refractivity contribution in [1.82, 2.24) is 4.90 Å². The highest BCUT2D eigenvalue weighted by Crippen LogP contribution is 2.35. The summed E-state index contributed by atoms with van der Waals surface area (Å²) in [6, 6.07) is 4.51. The maximum atomic E-state index is 12.3. The van der Waals surface area contributed by atoms with Crippen LogP contribution in [0.15, 0.2) is 16.8 Å². The van der Waals surface area contributed by atoms with Crippen molar-refractivity contribution in [2.45, 2.75) is 45.1 Å². The molecule has 0 aromatic carbocycles. The van der Waals surface area contributed by atoms with Crippen molar-refractivity contribution in [2.24, 2.45) is 5.92 Å². The fourth-order valence-electron chi connectivity index (χ4n) is 2.39. The van der Waals surface area contributed by atoms with Crippen molar-refractivity contribution in [1.29, 1.82) is 5.26 Å². The van der Waals surface area contributed by atoms with Crippen LogP contribution in [0.4, 0.5) is 0 Å². The number of hydrogen-bond donors (Lipinski definition) is 0. The van der Waals surface area contributed by atoms with E-state index < -0.39 is 0 Å². The highest BCUT2D eigenvalue weighted by molar-refractivity contribution is 7.07. The maximum absolute atomic E-state index is 12.3. The van der Waals surface area contributed by atoms with Gasteiger partial charge in [-0.05, 0) is 54.5 Å². The second-order valence-corrected chi connectivity index (χ2v) is 5.98. The molecule has 1 amide bonds. The zero-order chi connectivity index (χ0) is 13.7. The number of hydrogen-bond acceptors (Lipinski definition) is 3. The van der Waals surface area contributed by atoms with E-state index in [1.54, 1.807) is 11.3 Å². The molecular formula is C15H20N2OS. The SMILES string of the molecule is C[C@H](C1CC1)N(CCC#N)C(=O)CCc1ccsc1. The van der Waals surface area contributed by atoms with Crippen LogP contribution in [0, 0.1) is 17.2 Å². The van der Waals surface area contributed by atoms with Gasteiger partial charge >= 0.3 is 0 Å². The summed E-state index contributed by atoms with van der Waals surface area (Å²) in [5.74, 6) is 0.852. The van der Waals surface area contributed by atoms with Crippen LogP contribution < -0.4 is 0 Å². The van der Waals surface area contributed by atoms with Gasteiger partial charge in [-0.3, -0.25) is 4.79 Å². The Hall–Kier alpha value is -1.34. The normalized spacial score (nSPS) is 15.8. The Labute approximate surface area is 118 Å². The zero-order valence-corrected chi connectivity index (χ0v) is 12.2. The summed E-state index contributed by atoms with van der Waals surface area (Å²) in [6.07, 6.45) is 4.24. The number of carbonyl (C=O) groups excluding carboxylic acids is 1. The van der Waals surface area contributed by atoms with Crippen molar-refractivity contribution in [3.05, 3.63) is 22.4 Å². The van der Waals surface area contributed by atoms with Crippen LogP contribution in [-0.4, -0.2) is 23.4 Å². The van der Waals surface area contributed by atoms with Crippen LogP contribution in [0.3, 0.4) is 0 Å². The molecule has 1 aliphatic carbocycles. The Balaban J connectivity index is 1.88. The van der Waals surface area contributed by atoms with E-state index in [4.69, 9.17) is 5.26 Å². The lowest BCUT2D eigenvalue weighted by Gasteiger charge is -2.28. The summed E-state index contributed by atoms with van der Waals surface area (Å²) in [7, 11) is 0. The molecule has 0 radical (unpaired) electrons. The van der Waals surface area contributed by atoms with E-state index in [-0.39, 0.29) is 5.91 Å². The van der Waals surface area contributed by atoms with E-state index in [1.165, 1.54) is 18.4 Å². The van der Waals surface area contributed by atoms with Gasteiger partial charge in [0.25, 0.3) is 0 Å². The highest BCUT2D eigenvalue weighted by atomic mass is 32.1. The quantitative estimate of drug-likeness (QED) is 0.767. The third kappa shape index (κ3) is 4.07. The van der Waals surface area contributed by atoms with Crippen LogP contribution in [-0.2, 0) is 11.2 Å². The van der Waals surface area contributed by atoms with Crippen LogP contribution in [0.2, 0.25) is 0 Å². The second-order valence-electron chi connectivity index (χ2n) is 5.20. The van der Waals surface area contributed by atoms with Gasteiger partial charge in [0.05, 0.1) is 12.5 Å². The van der Waals surface area contributed by atoms with Crippen molar-refractivity contribution in [3.63, 3.8) is 0 Å². The number of aryl methyl sites for hydroxylation is 1. The molecule has 0 unspecified atom stereocenters. The van der Waals surface area contributed by atoms with Gasteiger partial charge in [-0.2, -0.15) is 16.6 Å². The number of nitrogens with zero attached hydrogens (tertiary/aromatic N) is 2. The third-order valence-corrected chi connectivity index (χ3v) is 4.52. The minimum absolute atomic E-state index is 0.195. The lowest BCUT2D eigenvalue weighted by Crippen LogP contribution is -2.40. The smallest absolute Gasteiger partial charge is 0.223 e. The van der Waals surface area contributed by atoms with E-state index in [0.29, 0.717) is 31.3 Å². The van der Waals surface area contributed by atoms with Crippen molar-refractivity contribution in [3.8, 4) is 6.07 Å². The Bertz CT molecular complexity index is 445. The molecule has 19 heavy (non-hydrogen) atoms. The number of carbonyl (C=O) groups is 1. The van der Waals surface area contributed by atoms with Crippen LogP contribution in [0.1, 0.15) is 38.2 Å². The van der Waals surface area contributed by atoms with Gasteiger partial charge in [0, 0.05) is 19.0 Å². The zero-order valence-electron chi connectivity index (χ0n) is 11.3. The summed E-state index contributed by atoms with van der Waals surface area (Å²) in [5, 5.41) is 12.9. The van der Waals surface area contributed by atoms with Gasteiger partial charge in [0.2, 0.25) is 5.91 Å². The standard InChI is InChI=1S/C15H20N2OS/c1-12(14-4-5-14)17(9-2-8-16)15(18)6-3-13-7-10-19-11-13/h7,10-12,14H,2-6,9H2,1H3/t12-/m1/s1. The van der Waals surface area contributed by atoms with Crippen molar-refractivity contribution in [2.75, 3.05) is 6.54 Å². The summed E-state index contributed by atoms with van der Waals surface area (Å²) < 4.78 is 0. The highest BCUT2D eigenvalue weighted by Gasteiger charge is 2.33. The predicted octanol–water partition coefficient (Wildman–Crippen LogP) is 3.22. The topological polar surface area (TPSA) is 44.1 Å². The first-order valence-electron chi connectivity index (χ1n) is 6.90. The largest absolute Gasteiger partial charge is 0.339 e. The monoisotopic (exact) mass is 276 g/mol. The minimum Gasteiger partial charge on any atom is -0.339 e. The van der Waals surface area contributed by atoms with Gasteiger partial charge < -0.3 is 4.90 Å². The average molecular weight is 276 g/mol. The number of amides is 1. The molecule has 1 saturated carbocycles. The molecular weight excluding hydrogens is 256 g/mol. The first-order chi connectivity index (χ1) is 9.22. The number of rotatable bonds is 7. The average Bonchev–Trinajstić information content (AvgIpc) is 3.13. The summed E-state index contributed by atoms with van der Waals surface area (Å²) in [5.41, 5.74) is 1.23. The fourth-order valence-corrected chi connectivity index (χ4v) is 3.09. The molecule has 1 aromatic heterocycles. The van der Waals surface area contributed by atoms with Gasteiger partial charge in [-0.1, -0.05) is 0 Å². The molecule has 0 bridgehead atoms. The van der Waals surface area contributed by atoms with E-state index in [1.807, 2.05) is 10.3 Å². The third-order valence-electron chi connectivity index (χ3n) is 3.79. The van der Waals surface area contributed by atoms with Crippen LogP contribution >= 0.6 is 11.3 Å². The summed E-state index contributed by atoms with van der Waals surface area (Å²) in [4.78, 5) is 14.3. The van der Waals surface area contributed by atoms with Crippen molar-refractivity contribution < 1.29 is 4.79 Å². The van der Waals surface area contributed by atoms with Gasteiger partial charge in [0.15, 0.2) is 0 Å². The molecule has 1 atom stereocenters. The Morgan fingerprint density at radius 2 is 2.42 bits per heavy atom. The molecule has 0 N–H and O–H groups in total. The predicted molar refractivity (Wildman–Crippen MR) is 76.8 cm³/mol. The van der Waals surface area contributed by atoms with Crippen LogP contribution in [0.25, 0.3) is 0 Å². The molecule has 1 aliphatic rings. The van der Waals surface area contributed by atoms with E-state index in [2.05, 4.69) is 24.4 Å². The summed E-state index contributed by atoms with van der Waals surface area (Å²) >= 11 is 1.67. The first kappa shape index (κ1) is 14.1. The Kier molecular flexibility index (Phi) is 4.98. The molecule has 0 saturated heterocycles. The van der Waals surface area contributed by atoms with Gasteiger partial charge in [-0.15, -0.1) is 0 Å². The van der Waals surface area contributed by atoms with Gasteiger partial charge in [0.1, 0.15) is 0 Å². The molecule has 1 aromatic rings. The fraction of sp³-hybridized carbons (Fsp3) is 0.600. The molecule has 3 nitrogen and oxygen atoms in total. The Morgan fingerprint density at radius 3 is 3.00 bits per heavy atom. The first-order valence-corrected chi connectivity index (χ1v) is 7.84. The van der Waals surface area contributed by atoms with Gasteiger partial charge in [-0.25, -0.2) is 0 Å². The molecule has 1 heterocycles. The molecule has 0 aliphatic heterocycles. The number of nitriles is 1. The van der Waals surface area contributed by atoms with E-state index >= 15 is 0 Å². The molecule has 0 spiro atoms. The van der Waals surface area contributed by atoms with Crippen LogP contribution in [0.5, 0.6) is 0 Å². The Morgan fingerprint density at radius 1 is 1.63 bits per heavy atom. The van der Waals surface area contributed by atoms with E-state index in [9.17, 15) is 4.79 Å².